The normalized spacial score (nSPS) is 10.8. The molecule has 0 radical (unpaired) electrons. The highest BCUT2D eigenvalue weighted by Crippen LogP contribution is 2.01. The van der Waals surface area contributed by atoms with Crippen molar-refractivity contribution < 1.29 is 13.6 Å². The zero-order valence-corrected chi connectivity index (χ0v) is 9.12. The maximum absolute atomic E-state index is 12.0. The maximum atomic E-state index is 12.0. The fraction of sp³-hybridized carbons (Fsp3) is 0.600. The summed E-state index contributed by atoms with van der Waals surface area (Å²) in [6.07, 6.45) is 1.58. The van der Waals surface area contributed by atoms with Gasteiger partial charge in [0.1, 0.15) is 0 Å². The number of hydrogen-bond acceptors (Lipinski definition) is 2. The summed E-state index contributed by atoms with van der Waals surface area (Å²) >= 11 is 0. The van der Waals surface area contributed by atoms with E-state index in [2.05, 4.69) is 10.3 Å². The van der Waals surface area contributed by atoms with E-state index in [0.717, 1.165) is 0 Å². The second-order valence-electron chi connectivity index (χ2n) is 3.41. The standard InChI is InChI=1S/C10H15F2N3O/c1-2-10(16)13-4-3-8-5-15(7-14-8)6-9(11)12/h5,7,9H,2-4,6H2,1H3,(H,13,16). The number of carbonyl (C=O) groups excluding carboxylic acids is 1. The molecule has 0 fully saturated rings. The lowest BCUT2D eigenvalue weighted by Crippen LogP contribution is -2.24. The van der Waals surface area contributed by atoms with Crippen LogP contribution in [0.25, 0.3) is 0 Å². The minimum Gasteiger partial charge on any atom is -0.356 e. The van der Waals surface area contributed by atoms with E-state index >= 15 is 0 Å². The van der Waals surface area contributed by atoms with E-state index in [-0.39, 0.29) is 12.5 Å². The summed E-state index contributed by atoms with van der Waals surface area (Å²) in [5, 5.41) is 2.69. The van der Waals surface area contributed by atoms with Crippen LogP contribution in [0, 0.1) is 0 Å². The third-order valence-electron chi connectivity index (χ3n) is 2.06. The summed E-state index contributed by atoms with van der Waals surface area (Å²) in [5.41, 5.74) is 0.706. The molecule has 1 aromatic rings. The van der Waals surface area contributed by atoms with Gasteiger partial charge < -0.3 is 9.88 Å². The van der Waals surface area contributed by atoms with Crippen LogP contribution in [-0.4, -0.2) is 28.4 Å². The third-order valence-corrected chi connectivity index (χ3v) is 2.06. The number of halogens is 2. The smallest absolute Gasteiger partial charge is 0.256 e. The summed E-state index contributed by atoms with van der Waals surface area (Å²) in [6, 6.07) is 0. The summed E-state index contributed by atoms with van der Waals surface area (Å²) in [4.78, 5) is 14.9. The lowest BCUT2D eigenvalue weighted by molar-refractivity contribution is -0.120. The van der Waals surface area contributed by atoms with Crippen LogP contribution in [0.15, 0.2) is 12.5 Å². The molecule has 0 bridgehead atoms. The first kappa shape index (κ1) is 12.6. The summed E-state index contributed by atoms with van der Waals surface area (Å²) in [6.45, 7) is 1.92. The van der Waals surface area contributed by atoms with Gasteiger partial charge in [0.05, 0.1) is 18.6 Å². The van der Waals surface area contributed by atoms with Gasteiger partial charge in [-0.05, 0) is 0 Å². The largest absolute Gasteiger partial charge is 0.356 e. The Morgan fingerprint density at radius 1 is 1.62 bits per heavy atom. The number of nitrogens with zero attached hydrogens (tertiary/aromatic N) is 2. The minimum absolute atomic E-state index is 0.0213. The average Bonchev–Trinajstić information content (AvgIpc) is 2.64. The molecule has 0 aliphatic rings. The molecule has 90 valence electrons. The van der Waals surface area contributed by atoms with Gasteiger partial charge in [-0.3, -0.25) is 4.79 Å². The molecule has 4 nitrogen and oxygen atoms in total. The fourth-order valence-corrected chi connectivity index (χ4v) is 1.25. The molecule has 0 saturated heterocycles. The van der Waals surface area contributed by atoms with Gasteiger partial charge in [-0.2, -0.15) is 0 Å². The number of aromatic nitrogens is 2. The Labute approximate surface area is 92.7 Å². The van der Waals surface area contributed by atoms with E-state index in [0.29, 0.717) is 25.1 Å². The average molecular weight is 231 g/mol. The molecule has 0 aromatic carbocycles. The molecule has 0 saturated carbocycles. The molecule has 1 rings (SSSR count). The van der Waals surface area contributed by atoms with Crippen LogP contribution in [0.3, 0.4) is 0 Å². The maximum Gasteiger partial charge on any atom is 0.256 e. The first-order valence-electron chi connectivity index (χ1n) is 5.17. The van der Waals surface area contributed by atoms with Crippen LogP contribution in [0.1, 0.15) is 19.0 Å². The first-order chi connectivity index (χ1) is 7.61. The summed E-state index contributed by atoms with van der Waals surface area (Å²) in [7, 11) is 0. The molecular weight excluding hydrogens is 216 g/mol. The number of rotatable bonds is 6. The Kier molecular flexibility index (Phi) is 4.88. The highest BCUT2D eigenvalue weighted by Gasteiger charge is 2.05. The van der Waals surface area contributed by atoms with Crippen molar-refractivity contribution in [2.45, 2.75) is 32.7 Å². The van der Waals surface area contributed by atoms with Gasteiger partial charge in [-0.15, -0.1) is 0 Å². The van der Waals surface area contributed by atoms with Crippen molar-refractivity contribution in [1.29, 1.82) is 0 Å². The Bertz CT molecular complexity index is 339. The number of carbonyl (C=O) groups is 1. The number of nitrogens with one attached hydrogen (secondary N) is 1. The highest BCUT2D eigenvalue weighted by molar-refractivity contribution is 5.75. The minimum atomic E-state index is -2.37. The molecule has 0 spiro atoms. The molecule has 1 amide bonds. The number of amides is 1. The molecule has 0 unspecified atom stereocenters. The van der Waals surface area contributed by atoms with Crippen LogP contribution < -0.4 is 5.32 Å². The van der Waals surface area contributed by atoms with Crippen molar-refractivity contribution in [2.75, 3.05) is 6.54 Å². The van der Waals surface area contributed by atoms with Gasteiger partial charge >= 0.3 is 0 Å². The molecule has 16 heavy (non-hydrogen) atoms. The van der Waals surface area contributed by atoms with Crippen LogP contribution in [0.2, 0.25) is 0 Å². The Balaban J connectivity index is 2.32. The van der Waals surface area contributed by atoms with E-state index in [1.807, 2.05) is 0 Å². The molecular formula is C10H15F2N3O. The second-order valence-corrected chi connectivity index (χ2v) is 3.41. The Morgan fingerprint density at radius 2 is 2.38 bits per heavy atom. The van der Waals surface area contributed by atoms with E-state index in [1.165, 1.54) is 10.9 Å². The zero-order valence-electron chi connectivity index (χ0n) is 9.12. The molecule has 1 N–H and O–H groups in total. The topological polar surface area (TPSA) is 46.9 Å². The second kappa shape index (κ2) is 6.19. The van der Waals surface area contributed by atoms with Crippen molar-refractivity contribution >= 4 is 5.91 Å². The van der Waals surface area contributed by atoms with Crippen molar-refractivity contribution in [3.05, 3.63) is 18.2 Å². The van der Waals surface area contributed by atoms with Gasteiger partial charge in [0.25, 0.3) is 6.43 Å². The number of hydrogen-bond donors (Lipinski definition) is 1. The van der Waals surface area contributed by atoms with Crippen LogP contribution in [0.5, 0.6) is 0 Å². The summed E-state index contributed by atoms with van der Waals surface area (Å²) in [5.74, 6) is -0.0213. The Hall–Kier alpha value is -1.46. The van der Waals surface area contributed by atoms with Crippen LogP contribution in [0.4, 0.5) is 8.78 Å². The van der Waals surface area contributed by atoms with Gasteiger partial charge in [0.2, 0.25) is 5.91 Å². The van der Waals surface area contributed by atoms with Crippen LogP contribution >= 0.6 is 0 Å². The third kappa shape index (κ3) is 4.37. The summed E-state index contributed by atoms with van der Waals surface area (Å²) < 4.78 is 25.4. The lowest BCUT2D eigenvalue weighted by Gasteiger charge is -2.01. The van der Waals surface area contributed by atoms with Crippen molar-refractivity contribution in [3.8, 4) is 0 Å². The van der Waals surface area contributed by atoms with E-state index in [9.17, 15) is 13.6 Å². The molecule has 6 heteroatoms. The fourth-order valence-electron chi connectivity index (χ4n) is 1.25. The van der Waals surface area contributed by atoms with E-state index in [4.69, 9.17) is 0 Å². The van der Waals surface area contributed by atoms with Gasteiger partial charge in [-0.25, -0.2) is 13.8 Å². The van der Waals surface area contributed by atoms with Crippen molar-refractivity contribution in [2.24, 2.45) is 0 Å². The van der Waals surface area contributed by atoms with E-state index < -0.39 is 6.43 Å². The zero-order chi connectivity index (χ0) is 12.0. The quantitative estimate of drug-likeness (QED) is 0.800. The van der Waals surface area contributed by atoms with Gasteiger partial charge in [-0.1, -0.05) is 6.92 Å². The lowest BCUT2D eigenvalue weighted by atomic mass is 10.3. The van der Waals surface area contributed by atoms with Crippen molar-refractivity contribution in [1.82, 2.24) is 14.9 Å². The molecule has 1 heterocycles. The van der Waals surface area contributed by atoms with Crippen LogP contribution in [-0.2, 0) is 17.8 Å². The molecule has 0 atom stereocenters. The predicted molar refractivity (Wildman–Crippen MR) is 55.2 cm³/mol. The molecule has 1 aromatic heterocycles. The Morgan fingerprint density at radius 3 is 3.00 bits per heavy atom. The van der Waals surface area contributed by atoms with E-state index in [1.54, 1.807) is 13.1 Å². The molecule has 0 aliphatic heterocycles. The predicted octanol–water partition coefficient (Wildman–Crippen LogP) is 1.22. The van der Waals surface area contributed by atoms with Gasteiger partial charge in [0, 0.05) is 25.6 Å². The SMILES string of the molecule is CCC(=O)NCCc1cn(CC(F)F)cn1. The highest BCUT2D eigenvalue weighted by atomic mass is 19.3. The number of imidazole rings is 1. The first-order valence-corrected chi connectivity index (χ1v) is 5.17. The van der Waals surface area contributed by atoms with Crippen molar-refractivity contribution in [3.63, 3.8) is 0 Å². The monoisotopic (exact) mass is 231 g/mol. The van der Waals surface area contributed by atoms with Gasteiger partial charge in [0.15, 0.2) is 0 Å². The number of alkyl halides is 2. The molecule has 0 aliphatic carbocycles.